The molecule has 90 heavy (non-hydrogen) atoms. The van der Waals surface area contributed by atoms with E-state index in [0.717, 1.165) is 108 Å². The highest BCUT2D eigenvalue weighted by Crippen LogP contribution is 2.45. The molecule has 4 unspecified atom stereocenters. The van der Waals surface area contributed by atoms with Gasteiger partial charge in [-0.1, -0.05) is 299 Å². The van der Waals surface area contributed by atoms with Crippen LogP contribution in [0.25, 0.3) is 0 Å². The Labute approximate surface area is 549 Å². The lowest BCUT2D eigenvalue weighted by Crippen LogP contribution is -2.30. The first-order valence-corrected chi connectivity index (χ1v) is 39.7. The quantitative estimate of drug-likeness (QED) is 0.0222. The van der Waals surface area contributed by atoms with E-state index < -0.39 is 97.5 Å². The molecule has 0 aliphatic heterocycles. The number of aliphatic hydroxyl groups is 1. The van der Waals surface area contributed by atoms with Gasteiger partial charge >= 0.3 is 39.5 Å². The lowest BCUT2D eigenvalue weighted by molar-refractivity contribution is -0.161. The van der Waals surface area contributed by atoms with Crippen molar-refractivity contribution in [2.75, 3.05) is 39.6 Å². The first-order chi connectivity index (χ1) is 43.1. The maximum Gasteiger partial charge on any atom is 0.472 e. The Morgan fingerprint density at radius 1 is 0.311 bits per heavy atom. The van der Waals surface area contributed by atoms with Crippen LogP contribution in [0.5, 0.6) is 0 Å². The normalized spacial score (nSPS) is 14.6. The highest BCUT2D eigenvalue weighted by Gasteiger charge is 2.30. The van der Waals surface area contributed by atoms with E-state index in [1.165, 1.54) is 148 Å². The number of phosphoric acid groups is 2. The monoisotopic (exact) mass is 1320 g/mol. The molecule has 19 heteroatoms. The number of esters is 4. The molecule has 0 radical (unpaired) electrons. The van der Waals surface area contributed by atoms with Crippen LogP contribution in [0.1, 0.15) is 351 Å². The number of phosphoric ester groups is 2. The fourth-order valence-electron chi connectivity index (χ4n) is 10.6. The van der Waals surface area contributed by atoms with Gasteiger partial charge in [-0.15, -0.1) is 0 Å². The van der Waals surface area contributed by atoms with Gasteiger partial charge in [-0.05, 0) is 49.4 Å². The van der Waals surface area contributed by atoms with Gasteiger partial charge in [0.1, 0.15) is 19.3 Å². The summed E-state index contributed by atoms with van der Waals surface area (Å²) in [5, 5.41) is 10.6. The van der Waals surface area contributed by atoms with Crippen molar-refractivity contribution in [3.63, 3.8) is 0 Å². The summed E-state index contributed by atoms with van der Waals surface area (Å²) in [4.78, 5) is 72.5. The van der Waals surface area contributed by atoms with E-state index in [4.69, 9.17) is 37.0 Å². The van der Waals surface area contributed by atoms with Crippen molar-refractivity contribution in [1.29, 1.82) is 0 Å². The van der Waals surface area contributed by atoms with Gasteiger partial charge in [0.25, 0.3) is 0 Å². The van der Waals surface area contributed by atoms with Crippen LogP contribution in [0.4, 0.5) is 0 Å². The van der Waals surface area contributed by atoms with Crippen molar-refractivity contribution < 1.29 is 80.2 Å². The molecule has 0 saturated heterocycles. The van der Waals surface area contributed by atoms with Crippen molar-refractivity contribution in [3.05, 3.63) is 0 Å². The number of hydrogen-bond donors (Lipinski definition) is 3. The summed E-state index contributed by atoms with van der Waals surface area (Å²) in [6.45, 7) is 14.1. The number of carbonyl (C=O) groups excluding carboxylic acids is 4. The summed E-state index contributed by atoms with van der Waals surface area (Å²) >= 11 is 0. The predicted octanol–water partition coefficient (Wildman–Crippen LogP) is 20.1. The molecular formula is C71H138O17P2. The average Bonchev–Trinajstić information content (AvgIpc) is 3.56. The van der Waals surface area contributed by atoms with Gasteiger partial charge in [-0.3, -0.25) is 37.3 Å². The highest BCUT2D eigenvalue weighted by molar-refractivity contribution is 7.47. The highest BCUT2D eigenvalue weighted by atomic mass is 31.2. The van der Waals surface area contributed by atoms with E-state index in [1.54, 1.807) is 0 Å². The Bertz CT molecular complexity index is 1780. The zero-order valence-electron chi connectivity index (χ0n) is 58.8. The van der Waals surface area contributed by atoms with Gasteiger partial charge in [-0.25, -0.2) is 9.13 Å². The molecule has 0 aliphatic rings. The Morgan fingerprint density at radius 3 is 0.789 bits per heavy atom. The van der Waals surface area contributed by atoms with Crippen molar-refractivity contribution in [2.45, 2.75) is 369 Å². The second kappa shape index (κ2) is 60.7. The molecule has 0 fully saturated rings. The lowest BCUT2D eigenvalue weighted by Gasteiger charge is -2.21. The van der Waals surface area contributed by atoms with Crippen LogP contribution in [0.15, 0.2) is 0 Å². The number of rotatable bonds is 68. The largest absolute Gasteiger partial charge is 0.472 e. The molecule has 0 aromatic heterocycles. The molecule has 17 nitrogen and oxygen atoms in total. The third kappa shape index (κ3) is 63.5. The minimum atomic E-state index is -4.95. The van der Waals surface area contributed by atoms with Gasteiger partial charge in [0.2, 0.25) is 0 Å². The molecule has 0 saturated carbocycles. The molecule has 0 rings (SSSR count). The molecule has 0 amide bonds. The number of hydrogen-bond acceptors (Lipinski definition) is 15. The molecule has 0 spiro atoms. The molecule has 0 aromatic rings. The smallest absolute Gasteiger partial charge is 0.462 e. The van der Waals surface area contributed by atoms with Crippen molar-refractivity contribution in [2.24, 2.45) is 23.7 Å². The fraction of sp³-hybridized carbons (Fsp3) is 0.944. The number of aliphatic hydroxyl groups excluding tert-OH is 1. The maximum atomic E-state index is 13.0. The number of carbonyl (C=O) groups is 4. The first-order valence-electron chi connectivity index (χ1n) is 36.7. The second-order valence-corrected chi connectivity index (χ2v) is 30.2. The summed E-state index contributed by atoms with van der Waals surface area (Å²) in [5.74, 6) is 0.859. The minimum Gasteiger partial charge on any atom is -0.462 e. The molecule has 6 atom stereocenters. The second-order valence-electron chi connectivity index (χ2n) is 27.3. The SMILES string of the molecule is CCC(C)CCCCCCCCCCCCCCCCC(=O)O[C@H](COC(=O)CCCCCCCCCCCC(C)C)COP(=O)(O)OCC(O)COP(=O)(O)OC[C@@H](COC(=O)CCCCCCCCCC(C)C)OC(=O)CCCCCCCCCC(C)C. The van der Waals surface area contributed by atoms with Gasteiger partial charge in [0.05, 0.1) is 26.4 Å². The van der Waals surface area contributed by atoms with Gasteiger partial charge < -0.3 is 33.8 Å². The summed E-state index contributed by atoms with van der Waals surface area (Å²) in [6, 6.07) is 0. The third-order valence-electron chi connectivity index (χ3n) is 16.7. The van der Waals surface area contributed by atoms with Crippen molar-refractivity contribution in [1.82, 2.24) is 0 Å². The molecule has 0 aliphatic carbocycles. The topological polar surface area (TPSA) is 237 Å². The Hall–Kier alpha value is -1.94. The average molecular weight is 1330 g/mol. The van der Waals surface area contributed by atoms with E-state index in [0.29, 0.717) is 37.5 Å². The van der Waals surface area contributed by atoms with Crippen LogP contribution in [0.2, 0.25) is 0 Å². The van der Waals surface area contributed by atoms with Crippen LogP contribution in [0, 0.1) is 23.7 Å². The van der Waals surface area contributed by atoms with E-state index in [9.17, 15) is 43.2 Å². The maximum absolute atomic E-state index is 13.0. The molecule has 0 aromatic carbocycles. The number of ether oxygens (including phenoxy) is 4. The van der Waals surface area contributed by atoms with E-state index in [-0.39, 0.29) is 25.7 Å². The zero-order valence-corrected chi connectivity index (χ0v) is 60.6. The Kier molecular flexibility index (Phi) is 59.4. The van der Waals surface area contributed by atoms with Gasteiger partial charge in [0, 0.05) is 25.7 Å². The zero-order chi connectivity index (χ0) is 66.8. The molecular weight excluding hydrogens is 1190 g/mol. The molecule has 3 N–H and O–H groups in total. The van der Waals surface area contributed by atoms with Crippen LogP contribution < -0.4 is 0 Å². The molecule has 534 valence electrons. The van der Waals surface area contributed by atoms with E-state index in [2.05, 4.69) is 55.4 Å². The molecule has 0 heterocycles. The van der Waals surface area contributed by atoms with E-state index >= 15 is 0 Å². The summed E-state index contributed by atoms with van der Waals surface area (Å²) < 4.78 is 68.3. The van der Waals surface area contributed by atoms with Crippen LogP contribution in [-0.2, 0) is 65.4 Å². The summed E-state index contributed by atoms with van der Waals surface area (Å²) in [6.07, 6.45) is 43.2. The standard InChI is InChI=1S/C71H138O17P2/c1-9-64(8)50-42-34-26-18-14-12-10-11-13-15-19-28-37-45-53-70(75)87-66(57-81-68(73)51-43-35-27-20-16-17-23-31-39-47-61(2)3)59-85-89(77,78)83-55-65(72)56-84-90(79,80)86-60-67(88-71(76)54-46-38-30-22-25-33-41-49-63(6)7)58-82-69(74)52-44-36-29-21-24-32-40-48-62(4)5/h61-67,72H,9-60H2,1-8H3,(H,77,78)(H,79,80)/t64?,65?,66-,67-/m1/s1. The minimum absolute atomic E-state index is 0.102. The van der Waals surface area contributed by atoms with Gasteiger partial charge in [-0.2, -0.15) is 0 Å². The third-order valence-corrected chi connectivity index (χ3v) is 18.6. The van der Waals surface area contributed by atoms with Crippen molar-refractivity contribution >= 4 is 39.5 Å². The predicted molar refractivity (Wildman–Crippen MR) is 363 cm³/mol. The Morgan fingerprint density at radius 2 is 0.533 bits per heavy atom. The van der Waals surface area contributed by atoms with Gasteiger partial charge in [0.15, 0.2) is 12.2 Å². The Balaban J connectivity index is 5.23. The summed E-state index contributed by atoms with van der Waals surface area (Å²) in [5.41, 5.74) is 0. The van der Waals surface area contributed by atoms with E-state index in [1.807, 2.05) is 0 Å². The van der Waals surface area contributed by atoms with Crippen LogP contribution in [0.3, 0.4) is 0 Å². The number of unbranched alkanes of at least 4 members (excludes halogenated alkanes) is 33. The fourth-order valence-corrected chi connectivity index (χ4v) is 12.2. The molecule has 0 bridgehead atoms. The summed E-state index contributed by atoms with van der Waals surface area (Å²) in [7, 11) is -9.90. The lowest BCUT2D eigenvalue weighted by atomic mass is 9.99. The van der Waals surface area contributed by atoms with Crippen LogP contribution >= 0.6 is 15.6 Å². The van der Waals surface area contributed by atoms with Crippen molar-refractivity contribution in [3.8, 4) is 0 Å². The van der Waals surface area contributed by atoms with Crippen LogP contribution in [-0.4, -0.2) is 96.7 Å². The first kappa shape index (κ1) is 88.1.